The summed E-state index contributed by atoms with van der Waals surface area (Å²) in [5.74, 6) is -1.92. The molecule has 38 heavy (non-hydrogen) atoms. The first kappa shape index (κ1) is 28.2. The third kappa shape index (κ3) is 9.59. The summed E-state index contributed by atoms with van der Waals surface area (Å²) in [5.41, 5.74) is 3.19. The number of rotatable bonds is 12. The van der Waals surface area contributed by atoms with E-state index in [2.05, 4.69) is 21.3 Å². The van der Waals surface area contributed by atoms with Gasteiger partial charge in [-0.2, -0.15) is 0 Å². The Hall–Kier alpha value is -4.37. The molecule has 0 radical (unpaired) electrons. The van der Waals surface area contributed by atoms with Crippen LogP contribution in [0.2, 0.25) is 5.02 Å². The molecule has 1 unspecified atom stereocenters. The van der Waals surface area contributed by atoms with E-state index in [9.17, 15) is 24.3 Å². The number of benzene rings is 3. The summed E-state index contributed by atoms with van der Waals surface area (Å²) in [6, 6.07) is 22.6. The van der Waals surface area contributed by atoms with Crippen LogP contribution in [0.25, 0.3) is 11.1 Å². The van der Waals surface area contributed by atoms with Crippen LogP contribution in [-0.2, 0) is 14.4 Å². The van der Waals surface area contributed by atoms with Crippen LogP contribution >= 0.6 is 11.6 Å². The zero-order chi connectivity index (χ0) is 27.3. The minimum atomic E-state index is -1.06. The number of hydrogen-bond donors (Lipinski definition) is 5. The number of carbonyl (C=O) groups is 4. The van der Waals surface area contributed by atoms with Crippen molar-refractivity contribution in [2.75, 3.05) is 18.4 Å². The molecule has 10 heteroatoms. The van der Waals surface area contributed by atoms with E-state index in [1.807, 2.05) is 42.5 Å². The average molecular weight is 537 g/mol. The highest BCUT2D eigenvalue weighted by Gasteiger charge is 2.18. The highest BCUT2D eigenvalue weighted by molar-refractivity contribution is 6.30. The number of hydrogen-bond acceptors (Lipinski definition) is 4. The van der Waals surface area contributed by atoms with Crippen molar-refractivity contribution in [1.82, 2.24) is 16.0 Å². The summed E-state index contributed by atoms with van der Waals surface area (Å²) in [5, 5.41) is 20.3. The van der Waals surface area contributed by atoms with Gasteiger partial charge < -0.3 is 26.4 Å². The summed E-state index contributed by atoms with van der Waals surface area (Å²) in [6.45, 7) is -0.0363. The number of aliphatic carboxylic acids is 1. The molecule has 5 N–H and O–H groups in total. The Balaban J connectivity index is 1.40. The van der Waals surface area contributed by atoms with Gasteiger partial charge in [0.1, 0.15) is 0 Å². The number of carbonyl (C=O) groups excluding carboxylic acids is 3. The Morgan fingerprint density at radius 1 is 0.816 bits per heavy atom. The Bertz CT molecular complexity index is 1250. The predicted molar refractivity (Wildman–Crippen MR) is 146 cm³/mol. The van der Waals surface area contributed by atoms with Gasteiger partial charge in [0.2, 0.25) is 11.8 Å². The molecule has 0 bridgehead atoms. The molecule has 4 amide bonds. The zero-order valence-corrected chi connectivity index (χ0v) is 21.3. The lowest BCUT2D eigenvalue weighted by Gasteiger charge is -2.18. The van der Waals surface area contributed by atoms with E-state index in [-0.39, 0.29) is 31.8 Å². The molecule has 0 aromatic heterocycles. The molecule has 1 atom stereocenters. The van der Waals surface area contributed by atoms with Crippen molar-refractivity contribution < 1.29 is 24.3 Å². The highest BCUT2D eigenvalue weighted by atomic mass is 35.5. The van der Waals surface area contributed by atoms with Gasteiger partial charge in [0.25, 0.3) is 0 Å². The fourth-order valence-electron chi connectivity index (χ4n) is 3.67. The molecule has 0 spiro atoms. The lowest BCUT2D eigenvalue weighted by Crippen LogP contribution is -2.39. The molecule has 0 aliphatic heterocycles. The molecule has 9 nitrogen and oxygen atoms in total. The number of nitrogens with one attached hydrogen (secondary N) is 4. The van der Waals surface area contributed by atoms with E-state index < -0.39 is 23.9 Å². The van der Waals surface area contributed by atoms with Crippen LogP contribution in [0.1, 0.15) is 30.9 Å². The molecule has 3 aromatic rings. The molecule has 3 aromatic carbocycles. The second kappa shape index (κ2) is 14.4. The Morgan fingerprint density at radius 3 is 2.21 bits per heavy atom. The molecule has 0 aliphatic carbocycles. The van der Waals surface area contributed by atoms with Crippen LogP contribution in [-0.4, -0.2) is 42.0 Å². The maximum absolute atomic E-state index is 12.4. The molecule has 0 saturated carbocycles. The number of carboxylic acid groups (broad SMARTS) is 1. The summed E-state index contributed by atoms with van der Waals surface area (Å²) >= 11 is 5.88. The van der Waals surface area contributed by atoms with Crippen molar-refractivity contribution in [1.29, 1.82) is 0 Å². The summed E-state index contributed by atoms with van der Waals surface area (Å²) in [4.78, 5) is 47.8. The lowest BCUT2D eigenvalue weighted by molar-refractivity contribution is -0.138. The predicted octanol–water partition coefficient (Wildman–Crippen LogP) is 4.36. The number of anilines is 1. The van der Waals surface area contributed by atoms with Crippen LogP contribution in [0.15, 0.2) is 78.9 Å². The molecule has 0 fully saturated rings. The summed E-state index contributed by atoms with van der Waals surface area (Å²) < 4.78 is 0. The van der Waals surface area contributed by atoms with Gasteiger partial charge >= 0.3 is 12.0 Å². The van der Waals surface area contributed by atoms with Gasteiger partial charge in [-0.25, -0.2) is 4.79 Å². The smallest absolute Gasteiger partial charge is 0.319 e. The van der Waals surface area contributed by atoms with Crippen molar-refractivity contribution in [2.45, 2.75) is 25.3 Å². The normalized spacial score (nSPS) is 11.2. The van der Waals surface area contributed by atoms with Gasteiger partial charge in [0, 0.05) is 23.7 Å². The number of carboxylic acids is 1. The maximum Gasteiger partial charge on any atom is 0.319 e. The minimum absolute atomic E-state index is 0.101. The first-order valence-corrected chi connectivity index (χ1v) is 12.4. The lowest BCUT2D eigenvalue weighted by atomic mass is 9.99. The number of amides is 4. The number of halogens is 1. The topological polar surface area (TPSA) is 137 Å². The van der Waals surface area contributed by atoms with Gasteiger partial charge in [0.15, 0.2) is 0 Å². The van der Waals surface area contributed by atoms with Crippen molar-refractivity contribution in [3.8, 4) is 11.1 Å². The van der Waals surface area contributed by atoms with E-state index in [1.165, 1.54) is 0 Å². The quantitative estimate of drug-likeness (QED) is 0.219. The van der Waals surface area contributed by atoms with E-state index in [0.29, 0.717) is 22.7 Å². The SMILES string of the molecule is O=C(O)CC(NC(=O)CNC(=O)CCCNC(=O)Nc1cccc(Cl)c1)c1ccc(-c2ccccc2)cc1. The highest BCUT2D eigenvalue weighted by Crippen LogP contribution is 2.23. The van der Waals surface area contributed by atoms with Crippen LogP contribution < -0.4 is 21.3 Å². The Labute approximate surface area is 225 Å². The maximum atomic E-state index is 12.4. The van der Waals surface area contributed by atoms with Gasteiger partial charge in [0.05, 0.1) is 19.0 Å². The monoisotopic (exact) mass is 536 g/mol. The molecular weight excluding hydrogens is 508 g/mol. The third-order valence-electron chi connectivity index (χ3n) is 5.53. The fraction of sp³-hybridized carbons (Fsp3) is 0.214. The fourth-order valence-corrected chi connectivity index (χ4v) is 3.86. The van der Waals surface area contributed by atoms with Crippen molar-refractivity contribution in [3.63, 3.8) is 0 Å². The molecule has 0 heterocycles. The minimum Gasteiger partial charge on any atom is -0.481 e. The van der Waals surface area contributed by atoms with Crippen LogP contribution in [0.4, 0.5) is 10.5 Å². The van der Waals surface area contributed by atoms with Crippen LogP contribution in [0.5, 0.6) is 0 Å². The van der Waals surface area contributed by atoms with Gasteiger partial charge in [-0.1, -0.05) is 72.3 Å². The zero-order valence-electron chi connectivity index (χ0n) is 20.6. The second-order valence-corrected chi connectivity index (χ2v) is 8.91. The van der Waals surface area contributed by atoms with E-state index in [0.717, 1.165) is 11.1 Å². The van der Waals surface area contributed by atoms with Gasteiger partial charge in [-0.05, 0) is 41.3 Å². The van der Waals surface area contributed by atoms with Gasteiger partial charge in [-0.3, -0.25) is 14.4 Å². The summed E-state index contributed by atoms with van der Waals surface area (Å²) in [7, 11) is 0. The van der Waals surface area contributed by atoms with Crippen molar-refractivity contribution in [3.05, 3.63) is 89.4 Å². The largest absolute Gasteiger partial charge is 0.481 e. The molecule has 0 saturated heterocycles. The standard InChI is InChI=1S/C28H29ClN4O5/c29-22-8-4-9-23(16-22)32-28(38)30-15-5-10-25(34)31-18-26(35)33-24(17-27(36)37)21-13-11-20(12-14-21)19-6-2-1-3-7-19/h1-4,6-9,11-14,16,24H,5,10,15,17-18H2,(H,31,34)(H,33,35)(H,36,37)(H2,30,32,38). The van der Waals surface area contributed by atoms with Crippen LogP contribution in [0, 0.1) is 0 Å². The molecular formula is C28H29ClN4O5. The molecule has 198 valence electrons. The van der Waals surface area contributed by atoms with Crippen molar-refractivity contribution >= 4 is 41.1 Å². The van der Waals surface area contributed by atoms with Gasteiger partial charge in [-0.15, -0.1) is 0 Å². The summed E-state index contributed by atoms with van der Waals surface area (Å²) in [6.07, 6.45) is 0.170. The van der Waals surface area contributed by atoms with E-state index in [1.54, 1.807) is 36.4 Å². The van der Waals surface area contributed by atoms with E-state index in [4.69, 9.17) is 11.6 Å². The first-order chi connectivity index (χ1) is 18.3. The Kier molecular flexibility index (Phi) is 10.7. The first-order valence-electron chi connectivity index (χ1n) is 12.0. The third-order valence-corrected chi connectivity index (χ3v) is 5.76. The average Bonchev–Trinajstić information content (AvgIpc) is 2.90. The number of urea groups is 1. The van der Waals surface area contributed by atoms with E-state index >= 15 is 0 Å². The van der Waals surface area contributed by atoms with Crippen LogP contribution in [0.3, 0.4) is 0 Å². The molecule has 0 aliphatic rings. The molecule has 3 rings (SSSR count). The van der Waals surface area contributed by atoms with Crippen molar-refractivity contribution in [2.24, 2.45) is 0 Å². The second-order valence-electron chi connectivity index (χ2n) is 8.48. The Morgan fingerprint density at radius 2 is 1.53 bits per heavy atom.